The highest BCUT2D eigenvalue weighted by atomic mass is 79.9. The Labute approximate surface area is 232 Å². The first-order valence-corrected chi connectivity index (χ1v) is 13.8. The number of sulfonamides is 1. The van der Waals surface area contributed by atoms with Crippen molar-refractivity contribution in [2.75, 3.05) is 32.2 Å². The van der Waals surface area contributed by atoms with Crippen LogP contribution in [0.4, 0.5) is 5.69 Å². The number of carbonyl (C=O) groups excluding carboxylic acids is 1. The van der Waals surface area contributed by atoms with Gasteiger partial charge in [0.2, 0.25) is 0 Å². The standard InChI is InChI=1S/C25H25Br2N3O6S/c1-16-5-7-18(8-6-16)30(37(32,33)19-9-10-22(34-2)20(26)13-19)15-24(31)29-28-14-17-11-21(27)25(36-4)23(12-17)35-3/h5-14H,15H2,1-4H3,(H,29,31)/b28-14-. The van der Waals surface area contributed by atoms with E-state index in [4.69, 9.17) is 14.2 Å². The molecule has 0 spiro atoms. The number of anilines is 1. The molecule has 0 saturated carbocycles. The minimum Gasteiger partial charge on any atom is -0.496 e. The fraction of sp³-hybridized carbons (Fsp3) is 0.200. The van der Waals surface area contributed by atoms with Crippen LogP contribution < -0.4 is 23.9 Å². The summed E-state index contributed by atoms with van der Waals surface area (Å²) in [7, 11) is 0.405. The summed E-state index contributed by atoms with van der Waals surface area (Å²) in [5, 5.41) is 3.98. The maximum atomic E-state index is 13.6. The van der Waals surface area contributed by atoms with E-state index in [9.17, 15) is 13.2 Å². The molecule has 0 aliphatic heterocycles. The molecule has 3 rings (SSSR count). The predicted octanol–water partition coefficient (Wildman–Crippen LogP) is 4.89. The number of hydrogen-bond acceptors (Lipinski definition) is 7. The van der Waals surface area contributed by atoms with Crippen molar-refractivity contribution in [2.24, 2.45) is 5.10 Å². The number of benzene rings is 3. The molecule has 0 unspecified atom stereocenters. The van der Waals surface area contributed by atoms with Gasteiger partial charge in [0, 0.05) is 0 Å². The third-order valence-corrected chi connectivity index (χ3v) is 8.16. The summed E-state index contributed by atoms with van der Waals surface area (Å²) in [6, 6.07) is 14.6. The molecule has 0 aliphatic rings. The van der Waals surface area contributed by atoms with Gasteiger partial charge in [-0.25, -0.2) is 13.8 Å². The Hall–Kier alpha value is -3.09. The maximum absolute atomic E-state index is 13.6. The number of nitrogens with zero attached hydrogens (tertiary/aromatic N) is 2. The Morgan fingerprint density at radius 1 is 0.946 bits per heavy atom. The van der Waals surface area contributed by atoms with Gasteiger partial charge in [-0.15, -0.1) is 0 Å². The number of hydrazone groups is 1. The molecule has 1 amide bonds. The Morgan fingerprint density at radius 2 is 1.62 bits per heavy atom. The summed E-state index contributed by atoms with van der Waals surface area (Å²) in [6.45, 7) is 1.39. The molecule has 3 aromatic rings. The molecule has 0 bridgehead atoms. The van der Waals surface area contributed by atoms with E-state index < -0.39 is 22.5 Å². The molecular weight excluding hydrogens is 630 g/mol. The number of ether oxygens (including phenoxy) is 3. The van der Waals surface area contributed by atoms with Crippen LogP contribution in [-0.4, -0.2) is 48.4 Å². The summed E-state index contributed by atoms with van der Waals surface area (Å²) in [4.78, 5) is 12.8. The third kappa shape index (κ3) is 6.82. The second-order valence-corrected chi connectivity index (χ2v) is 11.2. The van der Waals surface area contributed by atoms with Crippen molar-refractivity contribution in [3.63, 3.8) is 0 Å². The Kier molecular flexibility index (Phi) is 9.57. The molecule has 1 N–H and O–H groups in total. The topological polar surface area (TPSA) is 107 Å². The molecule has 37 heavy (non-hydrogen) atoms. The largest absolute Gasteiger partial charge is 0.496 e. The molecule has 3 aromatic carbocycles. The second kappa shape index (κ2) is 12.4. The van der Waals surface area contributed by atoms with E-state index in [0.29, 0.717) is 37.4 Å². The van der Waals surface area contributed by atoms with Crippen molar-refractivity contribution < 1.29 is 27.4 Å². The number of methoxy groups -OCH3 is 3. The summed E-state index contributed by atoms with van der Waals surface area (Å²) in [6.07, 6.45) is 1.41. The van der Waals surface area contributed by atoms with Crippen LogP contribution in [0.5, 0.6) is 17.2 Å². The lowest BCUT2D eigenvalue weighted by molar-refractivity contribution is -0.119. The normalized spacial score (nSPS) is 11.3. The van der Waals surface area contributed by atoms with Crippen LogP contribution in [0.25, 0.3) is 0 Å². The van der Waals surface area contributed by atoms with Crippen molar-refractivity contribution in [2.45, 2.75) is 11.8 Å². The molecule has 0 fully saturated rings. The zero-order chi connectivity index (χ0) is 27.2. The number of halogens is 2. The van der Waals surface area contributed by atoms with Crippen LogP contribution in [0.15, 0.2) is 73.5 Å². The molecule has 12 heteroatoms. The molecule has 0 aromatic heterocycles. The van der Waals surface area contributed by atoms with Gasteiger partial charge in [0.25, 0.3) is 15.9 Å². The average Bonchev–Trinajstić information content (AvgIpc) is 2.87. The Bertz CT molecular complexity index is 1410. The van der Waals surface area contributed by atoms with Crippen molar-refractivity contribution in [3.05, 3.63) is 74.7 Å². The first kappa shape index (κ1) is 28.5. The fourth-order valence-electron chi connectivity index (χ4n) is 3.32. The summed E-state index contributed by atoms with van der Waals surface area (Å²) in [5.74, 6) is 0.849. The van der Waals surface area contributed by atoms with Crippen molar-refractivity contribution in [1.29, 1.82) is 0 Å². The van der Waals surface area contributed by atoms with Gasteiger partial charge in [0.1, 0.15) is 12.3 Å². The van der Waals surface area contributed by atoms with Gasteiger partial charge in [-0.2, -0.15) is 5.10 Å². The molecule has 0 aliphatic carbocycles. The average molecular weight is 655 g/mol. The van der Waals surface area contributed by atoms with Gasteiger partial charge in [-0.3, -0.25) is 9.10 Å². The van der Waals surface area contributed by atoms with Crippen molar-refractivity contribution >= 4 is 59.7 Å². The zero-order valence-corrected chi connectivity index (χ0v) is 24.5. The lowest BCUT2D eigenvalue weighted by Gasteiger charge is -2.24. The van der Waals surface area contributed by atoms with Crippen molar-refractivity contribution in [1.82, 2.24) is 5.43 Å². The van der Waals surface area contributed by atoms with Crippen LogP contribution in [0.2, 0.25) is 0 Å². The number of rotatable bonds is 10. The fourth-order valence-corrected chi connectivity index (χ4v) is 6.08. The van der Waals surface area contributed by atoms with E-state index >= 15 is 0 Å². The summed E-state index contributed by atoms with van der Waals surface area (Å²) < 4.78 is 45.1. The minimum absolute atomic E-state index is 0.00720. The van der Waals surface area contributed by atoms with Crippen LogP contribution in [0.3, 0.4) is 0 Å². The van der Waals surface area contributed by atoms with Gasteiger partial charge in [0.05, 0.1) is 47.1 Å². The molecule has 0 radical (unpaired) electrons. The van der Waals surface area contributed by atoms with Crippen molar-refractivity contribution in [3.8, 4) is 17.2 Å². The highest BCUT2D eigenvalue weighted by molar-refractivity contribution is 9.11. The maximum Gasteiger partial charge on any atom is 0.264 e. The number of nitrogens with one attached hydrogen (secondary N) is 1. The van der Waals surface area contributed by atoms with E-state index in [1.807, 2.05) is 6.92 Å². The van der Waals surface area contributed by atoms with Gasteiger partial charge in [0.15, 0.2) is 11.5 Å². The molecule has 0 heterocycles. The monoisotopic (exact) mass is 653 g/mol. The zero-order valence-electron chi connectivity index (χ0n) is 20.5. The molecule has 0 atom stereocenters. The van der Waals surface area contributed by atoms with E-state index in [1.54, 1.807) is 36.4 Å². The lowest BCUT2D eigenvalue weighted by Crippen LogP contribution is -2.39. The quantitative estimate of drug-likeness (QED) is 0.247. The summed E-state index contributed by atoms with van der Waals surface area (Å²) in [5.41, 5.74) is 4.29. The van der Waals surface area contributed by atoms with Crippen LogP contribution in [0, 0.1) is 6.92 Å². The van der Waals surface area contributed by atoms with E-state index in [1.165, 1.54) is 45.7 Å². The van der Waals surface area contributed by atoms with Crippen LogP contribution in [0.1, 0.15) is 11.1 Å². The van der Waals surface area contributed by atoms with E-state index in [2.05, 4.69) is 42.4 Å². The van der Waals surface area contributed by atoms with Gasteiger partial charge < -0.3 is 14.2 Å². The third-order valence-electron chi connectivity index (χ3n) is 5.18. The lowest BCUT2D eigenvalue weighted by atomic mass is 10.2. The number of hydrogen-bond donors (Lipinski definition) is 1. The van der Waals surface area contributed by atoms with Gasteiger partial charge in [-0.1, -0.05) is 17.7 Å². The highest BCUT2D eigenvalue weighted by Crippen LogP contribution is 2.36. The van der Waals surface area contributed by atoms with Gasteiger partial charge in [-0.05, 0) is 86.8 Å². The van der Waals surface area contributed by atoms with Gasteiger partial charge >= 0.3 is 0 Å². The highest BCUT2D eigenvalue weighted by Gasteiger charge is 2.28. The first-order chi connectivity index (χ1) is 17.6. The Balaban J connectivity index is 1.86. The van der Waals surface area contributed by atoms with Crippen LogP contribution >= 0.6 is 31.9 Å². The minimum atomic E-state index is -4.11. The molecule has 0 saturated heterocycles. The molecular formula is C25H25Br2N3O6S. The second-order valence-electron chi connectivity index (χ2n) is 7.67. The van der Waals surface area contributed by atoms with E-state index in [0.717, 1.165) is 9.87 Å². The molecule has 196 valence electrons. The predicted molar refractivity (Wildman–Crippen MR) is 149 cm³/mol. The molecule has 9 nitrogen and oxygen atoms in total. The Morgan fingerprint density at radius 3 is 2.22 bits per heavy atom. The number of carbonyl (C=O) groups is 1. The first-order valence-electron chi connectivity index (χ1n) is 10.8. The number of aryl methyl sites for hydroxylation is 1. The number of amides is 1. The smallest absolute Gasteiger partial charge is 0.264 e. The SMILES string of the molecule is COc1ccc(S(=O)(=O)N(CC(=O)N/N=C\c2cc(Br)c(OC)c(OC)c2)c2ccc(C)cc2)cc1Br. The van der Waals surface area contributed by atoms with E-state index in [-0.39, 0.29) is 4.90 Å². The summed E-state index contributed by atoms with van der Waals surface area (Å²) >= 11 is 6.72. The van der Waals surface area contributed by atoms with Crippen LogP contribution in [-0.2, 0) is 14.8 Å².